The van der Waals surface area contributed by atoms with Crippen LogP contribution in [0.5, 0.6) is 11.5 Å². The Bertz CT molecular complexity index is 1330. The highest BCUT2D eigenvalue weighted by Crippen LogP contribution is 2.40. The smallest absolute Gasteiger partial charge is 0.251 e. The van der Waals surface area contributed by atoms with Gasteiger partial charge in [0.1, 0.15) is 11.5 Å². The molecule has 2 aliphatic heterocycles. The second-order valence-corrected chi connectivity index (χ2v) is 9.16. The van der Waals surface area contributed by atoms with Gasteiger partial charge < -0.3 is 4.74 Å². The van der Waals surface area contributed by atoms with E-state index in [1.165, 1.54) is 49.4 Å². The molecule has 0 saturated heterocycles. The van der Waals surface area contributed by atoms with Crippen molar-refractivity contribution >= 4 is 33.9 Å². The van der Waals surface area contributed by atoms with E-state index in [1.807, 2.05) is 0 Å². The quantitative estimate of drug-likeness (QED) is 0.357. The molecular formula is C27H23BO. The first-order valence-corrected chi connectivity index (χ1v) is 10.4. The Morgan fingerprint density at radius 1 is 0.759 bits per heavy atom. The van der Waals surface area contributed by atoms with Gasteiger partial charge in [0.25, 0.3) is 6.71 Å². The molecule has 4 aromatic rings. The zero-order valence-electron chi connectivity index (χ0n) is 17.3. The zero-order chi connectivity index (χ0) is 19.9. The lowest BCUT2D eigenvalue weighted by Gasteiger charge is -2.42. The lowest BCUT2D eigenvalue weighted by atomic mass is 9.30. The molecule has 29 heavy (non-hydrogen) atoms. The Hall–Kier alpha value is -3.00. The number of aryl methyl sites for hydroxylation is 2. The van der Waals surface area contributed by atoms with Gasteiger partial charge in [0.2, 0.25) is 0 Å². The molecule has 0 saturated carbocycles. The van der Waals surface area contributed by atoms with Gasteiger partial charge >= 0.3 is 0 Å². The molecule has 0 aromatic heterocycles. The topological polar surface area (TPSA) is 9.23 Å². The van der Waals surface area contributed by atoms with E-state index in [2.05, 4.69) is 94.4 Å². The summed E-state index contributed by atoms with van der Waals surface area (Å²) in [6.45, 7) is 9.36. The standard InChI is InChI=1S/C27H23BO/c1-16-9-11-23-22(13-16)28-21-15-19-8-6-5-7-18(19)14-20(21)27(3,4)25-17(2)10-12-24(29-23)26(25)28/h5-15H,1-4H3. The summed E-state index contributed by atoms with van der Waals surface area (Å²) in [5.41, 5.74) is 9.47. The normalized spacial score (nSPS) is 15.4. The maximum Gasteiger partial charge on any atom is 0.251 e. The van der Waals surface area contributed by atoms with E-state index in [0.717, 1.165) is 11.5 Å². The summed E-state index contributed by atoms with van der Waals surface area (Å²) in [5.74, 6) is 2.00. The summed E-state index contributed by atoms with van der Waals surface area (Å²) in [5, 5.41) is 2.62. The van der Waals surface area contributed by atoms with Crippen LogP contribution in [0.15, 0.2) is 66.7 Å². The summed E-state index contributed by atoms with van der Waals surface area (Å²) in [7, 11) is 0. The summed E-state index contributed by atoms with van der Waals surface area (Å²) in [6, 6.07) is 24.5. The van der Waals surface area contributed by atoms with Crippen LogP contribution in [0.2, 0.25) is 0 Å². The molecule has 0 aliphatic carbocycles. The predicted molar refractivity (Wildman–Crippen MR) is 123 cm³/mol. The van der Waals surface area contributed by atoms with E-state index in [0.29, 0.717) is 0 Å². The minimum atomic E-state index is -0.0734. The maximum atomic E-state index is 6.43. The van der Waals surface area contributed by atoms with Gasteiger partial charge in [-0.3, -0.25) is 0 Å². The number of fused-ring (bicyclic) bond motifs is 5. The molecule has 1 nitrogen and oxygen atoms in total. The number of hydrogen-bond acceptors (Lipinski definition) is 1. The lowest BCUT2D eigenvalue weighted by Crippen LogP contribution is -2.62. The zero-order valence-corrected chi connectivity index (χ0v) is 17.3. The van der Waals surface area contributed by atoms with Crippen molar-refractivity contribution in [2.75, 3.05) is 0 Å². The van der Waals surface area contributed by atoms with Crippen molar-refractivity contribution in [1.29, 1.82) is 0 Å². The molecule has 4 aromatic carbocycles. The third kappa shape index (κ3) is 2.17. The fraction of sp³-hybridized carbons (Fsp3) is 0.185. The largest absolute Gasteiger partial charge is 0.458 e. The van der Waals surface area contributed by atoms with Crippen LogP contribution in [0.3, 0.4) is 0 Å². The van der Waals surface area contributed by atoms with Gasteiger partial charge in [0.05, 0.1) is 0 Å². The average molecular weight is 374 g/mol. The molecule has 0 N–H and O–H groups in total. The van der Waals surface area contributed by atoms with Crippen molar-refractivity contribution in [1.82, 2.24) is 0 Å². The minimum Gasteiger partial charge on any atom is -0.458 e. The highest BCUT2D eigenvalue weighted by Gasteiger charge is 2.45. The predicted octanol–water partition coefficient (Wildman–Crippen LogP) is 4.72. The molecule has 6 rings (SSSR count). The molecule has 0 bridgehead atoms. The Balaban J connectivity index is 1.78. The van der Waals surface area contributed by atoms with Crippen LogP contribution in [0, 0.1) is 13.8 Å². The van der Waals surface area contributed by atoms with Gasteiger partial charge in [-0.1, -0.05) is 79.5 Å². The van der Waals surface area contributed by atoms with E-state index in [1.54, 1.807) is 0 Å². The Kier molecular flexibility index (Phi) is 3.23. The summed E-state index contributed by atoms with van der Waals surface area (Å²) >= 11 is 0. The maximum absolute atomic E-state index is 6.43. The number of hydrogen-bond donors (Lipinski definition) is 0. The van der Waals surface area contributed by atoms with Crippen molar-refractivity contribution in [2.24, 2.45) is 0 Å². The fourth-order valence-electron chi connectivity index (χ4n) is 5.67. The van der Waals surface area contributed by atoms with Gasteiger partial charge in [-0.25, -0.2) is 0 Å². The van der Waals surface area contributed by atoms with Crippen LogP contribution in [-0.2, 0) is 5.41 Å². The van der Waals surface area contributed by atoms with Crippen LogP contribution in [0.1, 0.15) is 36.1 Å². The van der Waals surface area contributed by atoms with Gasteiger partial charge in [-0.05, 0) is 64.4 Å². The van der Waals surface area contributed by atoms with Crippen LogP contribution in [-0.4, -0.2) is 6.71 Å². The molecule has 140 valence electrons. The molecule has 2 heterocycles. The average Bonchev–Trinajstić information content (AvgIpc) is 2.70. The molecule has 0 radical (unpaired) electrons. The molecule has 0 amide bonds. The van der Waals surface area contributed by atoms with E-state index in [9.17, 15) is 0 Å². The van der Waals surface area contributed by atoms with E-state index >= 15 is 0 Å². The fourth-order valence-corrected chi connectivity index (χ4v) is 5.67. The Labute approximate surface area is 172 Å². The number of rotatable bonds is 0. The van der Waals surface area contributed by atoms with Crippen molar-refractivity contribution in [3.63, 3.8) is 0 Å². The molecule has 0 fully saturated rings. The molecule has 0 spiro atoms. The first kappa shape index (κ1) is 16.9. The van der Waals surface area contributed by atoms with Crippen LogP contribution >= 0.6 is 0 Å². The first-order chi connectivity index (χ1) is 13.9. The molecule has 2 heteroatoms. The highest BCUT2D eigenvalue weighted by atomic mass is 16.5. The summed E-state index contributed by atoms with van der Waals surface area (Å²) in [6.07, 6.45) is 0. The second-order valence-electron chi connectivity index (χ2n) is 9.16. The lowest BCUT2D eigenvalue weighted by molar-refractivity contribution is 0.484. The third-order valence-corrected chi connectivity index (χ3v) is 6.93. The van der Waals surface area contributed by atoms with Crippen LogP contribution < -0.4 is 21.1 Å². The first-order valence-electron chi connectivity index (χ1n) is 10.4. The van der Waals surface area contributed by atoms with Gasteiger partial charge in [-0.2, -0.15) is 0 Å². The Morgan fingerprint density at radius 2 is 1.48 bits per heavy atom. The summed E-state index contributed by atoms with van der Waals surface area (Å²) in [4.78, 5) is 0. The third-order valence-electron chi connectivity index (χ3n) is 6.93. The van der Waals surface area contributed by atoms with E-state index in [4.69, 9.17) is 4.74 Å². The highest BCUT2D eigenvalue weighted by molar-refractivity contribution is 6.98. The van der Waals surface area contributed by atoms with Gasteiger partial charge in [0.15, 0.2) is 0 Å². The summed E-state index contributed by atoms with van der Waals surface area (Å²) < 4.78 is 6.43. The van der Waals surface area contributed by atoms with Crippen molar-refractivity contribution in [3.05, 3.63) is 89.0 Å². The van der Waals surface area contributed by atoms with Gasteiger partial charge in [-0.15, -0.1) is 0 Å². The van der Waals surface area contributed by atoms with E-state index < -0.39 is 0 Å². The van der Waals surface area contributed by atoms with Gasteiger partial charge in [0, 0.05) is 5.41 Å². The van der Waals surface area contributed by atoms with Crippen LogP contribution in [0.4, 0.5) is 0 Å². The molecule has 0 atom stereocenters. The molecule has 0 unspecified atom stereocenters. The Morgan fingerprint density at radius 3 is 2.28 bits per heavy atom. The molecule has 2 aliphatic rings. The molecular weight excluding hydrogens is 351 g/mol. The number of benzene rings is 4. The van der Waals surface area contributed by atoms with Crippen LogP contribution in [0.25, 0.3) is 10.8 Å². The van der Waals surface area contributed by atoms with E-state index in [-0.39, 0.29) is 12.1 Å². The van der Waals surface area contributed by atoms with Crippen molar-refractivity contribution in [3.8, 4) is 11.5 Å². The SMILES string of the molecule is Cc1ccc2c(c1)B1c3cc4ccccc4cc3C(C)(C)c3c(C)ccc(c31)O2. The minimum absolute atomic E-state index is 0.0734. The second kappa shape index (κ2) is 5.54. The van der Waals surface area contributed by atoms with Crippen molar-refractivity contribution in [2.45, 2.75) is 33.1 Å². The number of ether oxygens (including phenoxy) is 1. The monoisotopic (exact) mass is 374 g/mol. The van der Waals surface area contributed by atoms with Crippen molar-refractivity contribution < 1.29 is 4.74 Å².